The minimum Gasteiger partial charge on any atom is -0.496 e. The van der Waals surface area contributed by atoms with Gasteiger partial charge in [0.2, 0.25) is 0 Å². The Morgan fingerprint density at radius 3 is 2.48 bits per heavy atom. The first-order chi connectivity index (χ1) is 13.2. The highest BCUT2D eigenvalue weighted by Crippen LogP contribution is 2.37. The van der Waals surface area contributed by atoms with E-state index in [4.69, 9.17) is 10.5 Å². The lowest BCUT2D eigenvalue weighted by molar-refractivity contribution is 0.410. The molecule has 27 heavy (non-hydrogen) atoms. The molecule has 0 spiro atoms. The predicted molar refractivity (Wildman–Crippen MR) is 115 cm³/mol. The molecule has 4 aromatic rings. The second-order valence-corrected chi connectivity index (χ2v) is 7.28. The largest absolute Gasteiger partial charge is 0.496 e. The summed E-state index contributed by atoms with van der Waals surface area (Å²) in [7, 11) is 1.70. The average molecular weight is 419 g/mol. The van der Waals surface area contributed by atoms with Gasteiger partial charge in [0.1, 0.15) is 11.6 Å². The van der Waals surface area contributed by atoms with E-state index in [0.717, 1.165) is 43.4 Å². The van der Waals surface area contributed by atoms with Gasteiger partial charge in [0.15, 0.2) is 0 Å². The number of ether oxygens (including phenoxy) is 1. The van der Waals surface area contributed by atoms with Crippen molar-refractivity contribution in [1.82, 2.24) is 4.98 Å². The summed E-state index contributed by atoms with van der Waals surface area (Å²) in [4.78, 5) is 4.65. The van der Waals surface area contributed by atoms with E-state index in [1.807, 2.05) is 48.5 Å². The van der Waals surface area contributed by atoms with Gasteiger partial charge >= 0.3 is 0 Å². The summed E-state index contributed by atoms with van der Waals surface area (Å²) < 4.78 is 6.61. The number of benzene rings is 3. The summed E-state index contributed by atoms with van der Waals surface area (Å²) in [6.07, 6.45) is 0.695. The first-order valence-corrected chi connectivity index (χ1v) is 9.51. The Hall–Kier alpha value is -2.85. The maximum atomic E-state index is 6.42. The van der Waals surface area contributed by atoms with Gasteiger partial charge in [-0.05, 0) is 41.0 Å². The van der Waals surface area contributed by atoms with Gasteiger partial charge in [-0.25, -0.2) is 4.98 Å². The lowest BCUT2D eigenvalue weighted by Crippen LogP contribution is -2.03. The number of para-hydroxylation sites is 1. The average Bonchev–Trinajstić information content (AvgIpc) is 2.69. The molecule has 0 bridgehead atoms. The van der Waals surface area contributed by atoms with E-state index in [-0.39, 0.29) is 0 Å². The fourth-order valence-electron chi connectivity index (χ4n) is 3.49. The van der Waals surface area contributed by atoms with Gasteiger partial charge in [-0.15, -0.1) is 0 Å². The summed E-state index contributed by atoms with van der Waals surface area (Å²) >= 11 is 3.57. The van der Waals surface area contributed by atoms with Gasteiger partial charge in [0, 0.05) is 21.8 Å². The summed E-state index contributed by atoms with van der Waals surface area (Å²) in [5.74, 6) is 1.40. The molecule has 0 aliphatic carbocycles. The molecule has 0 aliphatic rings. The van der Waals surface area contributed by atoms with Crippen LogP contribution in [0.25, 0.3) is 22.0 Å². The lowest BCUT2D eigenvalue weighted by Gasteiger charge is -2.17. The van der Waals surface area contributed by atoms with Gasteiger partial charge in [0.25, 0.3) is 0 Å². The molecule has 0 fully saturated rings. The zero-order valence-corrected chi connectivity index (χ0v) is 16.5. The van der Waals surface area contributed by atoms with Crippen molar-refractivity contribution in [3.8, 4) is 16.9 Å². The standard InChI is InChI=1S/C23H19BrN2O/c1-27-21-12-11-17(24)13-16(21)14-19-18-9-5-6-10-20(18)26-23(25)22(19)15-7-3-2-4-8-15/h2-13H,14H2,1H3,(H2,25,26). The number of anilines is 1. The highest BCUT2D eigenvalue weighted by atomic mass is 79.9. The molecule has 1 heterocycles. The molecular weight excluding hydrogens is 400 g/mol. The number of hydrogen-bond acceptors (Lipinski definition) is 3. The van der Waals surface area contributed by atoms with Crippen LogP contribution in [-0.4, -0.2) is 12.1 Å². The quantitative estimate of drug-likeness (QED) is 0.452. The third-order valence-electron chi connectivity index (χ3n) is 4.70. The number of fused-ring (bicyclic) bond motifs is 1. The number of nitrogen functional groups attached to an aromatic ring is 1. The van der Waals surface area contributed by atoms with Crippen molar-refractivity contribution < 1.29 is 4.74 Å². The van der Waals surface area contributed by atoms with E-state index in [9.17, 15) is 0 Å². The molecule has 3 nitrogen and oxygen atoms in total. The highest BCUT2D eigenvalue weighted by Gasteiger charge is 2.17. The predicted octanol–water partition coefficient (Wildman–Crippen LogP) is 5.85. The molecular formula is C23H19BrN2O. The molecule has 0 aliphatic heterocycles. The number of nitrogens with zero attached hydrogens (tertiary/aromatic N) is 1. The number of nitrogens with two attached hydrogens (primary N) is 1. The first-order valence-electron chi connectivity index (χ1n) is 8.72. The van der Waals surface area contributed by atoms with Crippen LogP contribution >= 0.6 is 15.9 Å². The van der Waals surface area contributed by atoms with Crippen molar-refractivity contribution in [3.05, 3.63) is 88.4 Å². The number of rotatable bonds is 4. The second-order valence-electron chi connectivity index (χ2n) is 6.37. The van der Waals surface area contributed by atoms with Crippen molar-refractivity contribution in [2.75, 3.05) is 12.8 Å². The summed E-state index contributed by atoms with van der Waals surface area (Å²) in [6, 6.07) is 24.4. The molecule has 0 amide bonds. The zero-order valence-electron chi connectivity index (χ0n) is 14.9. The number of methoxy groups -OCH3 is 1. The van der Waals surface area contributed by atoms with Crippen LogP contribution in [0.2, 0.25) is 0 Å². The lowest BCUT2D eigenvalue weighted by atomic mass is 9.92. The molecule has 0 saturated carbocycles. The van der Waals surface area contributed by atoms with Crippen molar-refractivity contribution in [2.45, 2.75) is 6.42 Å². The number of hydrogen-bond donors (Lipinski definition) is 1. The molecule has 3 aromatic carbocycles. The van der Waals surface area contributed by atoms with E-state index in [1.165, 1.54) is 0 Å². The van der Waals surface area contributed by atoms with Gasteiger partial charge in [-0.3, -0.25) is 0 Å². The van der Waals surface area contributed by atoms with E-state index < -0.39 is 0 Å². The van der Waals surface area contributed by atoms with Crippen molar-refractivity contribution in [2.24, 2.45) is 0 Å². The Balaban J connectivity index is 1.99. The van der Waals surface area contributed by atoms with Crippen molar-refractivity contribution in [1.29, 1.82) is 0 Å². The maximum absolute atomic E-state index is 6.42. The van der Waals surface area contributed by atoms with Crippen molar-refractivity contribution in [3.63, 3.8) is 0 Å². The van der Waals surface area contributed by atoms with E-state index >= 15 is 0 Å². The summed E-state index contributed by atoms with van der Waals surface area (Å²) in [6.45, 7) is 0. The smallest absolute Gasteiger partial charge is 0.132 e. The first kappa shape index (κ1) is 17.6. The second kappa shape index (κ2) is 7.41. The summed E-state index contributed by atoms with van der Waals surface area (Å²) in [5.41, 5.74) is 11.6. The van der Waals surface area contributed by atoms with Gasteiger partial charge in [0.05, 0.1) is 12.6 Å². The van der Waals surface area contributed by atoms with Gasteiger partial charge in [-0.2, -0.15) is 0 Å². The van der Waals surface area contributed by atoms with Crippen LogP contribution in [0.4, 0.5) is 5.82 Å². The van der Waals surface area contributed by atoms with Crippen LogP contribution in [0, 0.1) is 0 Å². The highest BCUT2D eigenvalue weighted by molar-refractivity contribution is 9.10. The normalized spacial score (nSPS) is 10.9. The third kappa shape index (κ3) is 3.40. The van der Waals surface area contributed by atoms with Crippen LogP contribution in [0.15, 0.2) is 77.3 Å². The van der Waals surface area contributed by atoms with Crippen LogP contribution < -0.4 is 10.5 Å². The Labute approximate surface area is 166 Å². The van der Waals surface area contributed by atoms with E-state index in [1.54, 1.807) is 7.11 Å². The number of aromatic nitrogens is 1. The SMILES string of the molecule is COc1ccc(Br)cc1Cc1c(-c2ccccc2)c(N)nc2ccccc12. The molecule has 0 radical (unpaired) electrons. The Kier molecular flexibility index (Phi) is 4.82. The Morgan fingerprint density at radius 2 is 1.70 bits per heavy atom. The van der Waals surface area contributed by atoms with Gasteiger partial charge < -0.3 is 10.5 Å². The van der Waals surface area contributed by atoms with Crippen LogP contribution in [0.1, 0.15) is 11.1 Å². The molecule has 0 atom stereocenters. The molecule has 0 saturated heterocycles. The molecule has 134 valence electrons. The third-order valence-corrected chi connectivity index (χ3v) is 5.19. The number of halogens is 1. The number of pyridine rings is 1. The van der Waals surface area contributed by atoms with Crippen LogP contribution in [0.3, 0.4) is 0 Å². The minimum atomic E-state index is 0.545. The summed E-state index contributed by atoms with van der Waals surface area (Å²) in [5, 5.41) is 1.10. The van der Waals surface area contributed by atoms with Crippen LogP contribution in [0.5, 0.6) is 5.75 Å². The monoisotopic (exact) mass is 418 g/mol. The van der Waals surface area contributed by atoms with Crippen molar-refractivity contribution >= 4 is 32.7 Å². The zero-order chi connectivity index (χ0) is 18.8. The van der Waals surface area contributed by atoms with E-state index in [2.05, 4.69) is 45.2 Å². The van der Waals surface area contributed by atoms with Gasteiger partial charge in [-0.1, -0.05) is 64.5 Å². The molecule has 4 heteroatoms. The molecule has 4 rings (SSSR count). The Morgan fingerprint density at radius 1 is 0.963 bits per heavy atom. The fourth-order valence-corrected chi connectivity index (χ4v) is 3.90. The Bertz CT molecular complexity index is 1110. The van der Waals surface area contributed by atoms with E-state index in [0.29, 0.717) is 12.2 Å². The molecule has 2 N–H and O–H groups in total. The van der Waals surface area contributed by atoms with Crippen LogP contribution in [-0.2, 0) is 6.42 Å². The minimum absolute atomic E-state index is 0.545. The molecule has 1 aromatic heterocycles. The molecule has 0 unspecified atom stereocenters. The maximum Gasteiger partial charge on any atom is 0.132 e. The fraction of sp³-hybridized carbons (Fsp3) is 0.0870. The topological polar surface area (TPSA) is 48.1 Å².